The number of hydrogen-bond acceptors (Lipinski definition) is 6. The van der Waals surface area contributed by atoms with Gasteiger partial charge in [-0.15, -0.1) is 0 Å². The first-order chi connectivity index (χ1) is 8.95. The molecule has 0 fully saturated rings. The van der Waals surface area contributed by atoms with E-state index in [1.807, 2.05) is 0 Å². The SMILES string of the molecule is Nc1cc(N)cc(C(=O)Oc2ccc(N)cc2N)c1. The van der Waals surface area contributed by atoms with Crippen molar-refractivity contribution in [3.05, 3.63) is 42.0 Å². The van der Waals surface area contributed by atoms with Gasteiger partial charge in [-0.25, -0.2) is 4.79 Å². The molecule has 8 N–H and O–H groups in total. The summed E-state index contributed by atoms with van der Waals surface area (Å²) >= 11 is 0. The normalized spacial score (nSPS) is 10.1. The van der Waals surface area contributed by atoms with Crippen LogP contribution in [0.3, 0.4) is 0 Å². The lowest BCUT2D eigenvalue weighted by Gasteiger charge is -2.08. The van der Waals surface area contributed by atoms with Gasteiger partial charge in [-0.05, 0) is 36.4 Å². The predicted molar refractivity (Wildman–Crippen MR) is 75.5 cm³/mol. The second-order valence-electron chi connectivity index (χ2n) is 4.08. The van der Waals surface area contributed by atoms with Crippen LogP contribution in [0.4, 0.5) is 22.7 Å². The standard InChI is InChI=1S/C13H14N4O2/c14-8-1-2-12(11(17)6-8)19-13(18)7-3-9(15)5-10(16)4-7/h1-6H,14-17H2. The number of benzene rings is 2. The first-order valence-corrected chi connectivity index (χ1v) is 5.49. The van der Waals surface area contributed by atoms with Gasteiger partial charge in [-0.1, -0.05) is 0 Å². The summed E-state index contributed by atoms with van der Waals surface area (Å²) in [6.07, 6.45) is 0. The molecule has 0 aliphatic rings. The Kier molecular flexibility index (Phi) is 3.15. The molecule has 0 bridgehead atoms. The Hall–Kier alpha value is -2.89. The predicted octanol–water partition coefficient (Wildman–Crippen LogP) is 1.23. The zero-order valence-corrected chi connectivity index (χ0v) is 10.1. The maximum atomic E-state index is 11.9. The minimum atomic E-state index is -0.588. The van der Waals surface area contributed by atoms with Crippen molar-refractivity contribution < 1.29 is 9.53 Å². The third kappa shape index (κ3) is 2.86. The van der Waals surface area contributed by atoms with Crippen molar-refractivity contribution in [1.82, 2.24) is 0 Å². The Bertz CT molecular complexity index is 620. The molecule has 0 aliphatic heterocycles. The van der Waals surface area contributed by atoms with Gasteiger partial charge in [0, 0.05) is 17.1 Å². The van der Waals surface area contributed by atoms with E-state index in [4.69, 9.17) is 27.7 Å². The van der Waals surface area contributed by atoms with Crippen LogP contribution in [0.2, 0.25) is 0 Å². The van der Waals surface area contributed by atoms with Crippen molar-refractivity contribution in [2.45, 2.75) is 0 Å². The summed E-state index contributed by atoms with van der Waals surface area (Å²) in [4.78, 5) is 11.9. The Morgan fingerprint density at radius 1 is 0.842 bits per heavy atom. The molecule has 0 saturated heterocycles. The van der Waals surface area contributed by atoms with Gasteiger partial charge in [-0.2, -0.15) is 0 Å². The number of rotatable bonds is 2. The molecule has 0 radical (unpaired) electrons. The van der Waals surface area contributed by atoms with Crippen LogP contribution >= 0.6 is 0 Å². The van der Waals surface area contributed by atoms with Crippen LogP contribution in [0.1, 0.15) is 10.4 Å². The molecule has 0 aromatic heterocycles. The second-order valence-corrected chi connectivity index (χ2v) is 4.08. The van der Waals surface area contributed by atoms with Gasteiger partial charge in [0.2, 0.25) is 0 Å². The molecular formula is C13H14N4O2. The van der Waals surface area contributed by atoms with Crippen LogP contribution in [0.5, 0.6) is 5.75 Å². The van der Waals surface area contributed by atoms with Gasteiger partial charge >= 0.3 is 5.97 Å². The molecule has 0 spiro atoms. The fourth-order valence-corrected chi connectivity index (χ4v) is 1.61. The number of carbonyl (C=O) groups excluding carboxylic acids is 1. The third-order valence-corrected chi connectivity index (χ3v) is 2.45. The molecule has 0 amide bonds. The van der Waals surface area contributed by atoms with Crippen molar-refractivity contribution in [2.24, 2.45) is 0 Å². The first kappa shape index (κ1) is 12.6. The average Bonchev–Trinajstić information content (AvgIpc) is 2.31. The quantitative estimate of drug-likeness (QED) is 0.364. The third-order valence-electron chi connectivity index (χ3n) is 2.45. The minimum absolute atomic E-state index is 0.236. The summed E-state index contributed by atoms with van der Waals surface area (Å²) in [5.41, 5.74) is 24.3. The maximum Gasteiger partial charge on any atom is 0.343 e. The Morgan fingerprint density at radius 2 is 1.47 bits per heavy atom. The number of anilines is 4. The fourth-order valence-electron chi connectivity index (χ4n) is 1.61. The number of nitrogen functional groups attached to an aromatic ring is 4. The molecule has 0 aliphatic carbocycles. The van der Waals surface area contributed by atoms with E-state index in [9.17, 15) is 4.79 Å². The summed E-state index contributed by atoms with van der Waals surface area (Å²) < 4.78 is 5.17. The molecule has 0 unspecified atom stereocenters. The van der Waals surface area contributed by atoms with Crippen LogP contribution < -0.4 is 27.7 Å². The summed E-state index contributed by atoms with van der Waals surface area (Å²) in [6.45, 7) is 0. The number of ether oxygens (including phenoxy) is 1. The van der Waals surface area contributed by atoms with E-state index in [0.29, 0.717) is 17.1 Å². The van der Waals surface area contributed by atoms with Crippen LogP contribution in [0, 0.1) is 0 Å². The Balaban J connectivity index is 2.25. The molecule has 0 saturated carbocycles. The molecule has 19 heavy (non-hydrogen) atoms. The van der Waals surface area contributed by atoms with E-state index < -0.39 is 5.97 Å². The van der Waals surface area contributed by atoms with Crippen molar-refractivity contribution in [1.29, 1.82) is 0 Å². The van der Waals surface area contributed by atoms with Gasteiger partial charge in [0.15, 0.2) is 5.75 Å². The second kappa shape index (κ2) is 4.77. The molecule has 0 atom stereocenters. The van der Waals surface area contributed by atoms with Gasteiger partial charge < -0.3 is 27.7 Å². The highest BCUT2D eigenvalue weighted by Crippen LogP contribution is 2.25. The molecule has 6 nitrogen and oxygen atoms in total. The zero-order valence-electron chi connectivity index (χ0n) is 10.1. The monoisotopic (exact) mass is 258 g/mol. The van der Waals surface area contributed by atoms with Crippen molar-refractivity contribution in [2.75, 3.05) is 22.9 Å². The largest absolute Gasteiger partial charge is 0.421 e. The Morgan fingerprint density at radius 3 is 2.05 bits per heavy atom. The number of carbonyl (C=O) groups is 1. The molecule has 0 heterocycles. The highest BCUT2D eigenvalue weighted by molar-refractivity contribution is 5.93. The van der Waals surface area contributed by atoms with Crippen LogP contribution in [0.15, 0.2) is 36.4 Å². The van der Waals surface area contributed by atoms with Crippen LogP contribution in [0.25, 0.3) is 0 Å². The average molecular weight is 258 g/mol. The minimum Gasteiger partial charge on any atom is -0.421 e. The molecule has 98 valence electrons. The zero-order chi connectivity index (χ0) is 14.0. The number of esters is 1. The first-order valence-electron chi connectivity index (χ1n) is 5.49. The van der Waals surface area contributed by atoms with Gasteiger partial charge in [0.25, 0.3) is 0 Å². The van der Waals surface area contributed by atoms with E-state index in [1.165, 1.54) is 24.3 Å². The summed E-state index contributed by atoms with van der Waals surface area (Å²) in [5, 5.41) is 0. The number of hydrogen-bond donors (Lipinski definition) is 4. The van der Waals surface area contributed by atoms with E-state index in [1.54, 1.807) is 12.1 Å². The van der Waals surface area contributed by atoms with E-state index in [2.05, 4.69) is 0 Å². The van der Waals surface area contributed by atoms with Crippen LogP contribution in [-0.4, -0.2) is 5.97 Å². The van der Waals surface area contributed by atoms with Gasteiger partial charge in [-0.3, -0.25) is 0 Å². The highest BCUT2D eigenvalue weighted by atomic mass is 16.5. The van der Waals surface area contributed by atoms with Crippen molar-refractivity contribution in [3.63, 3.8) is 0 Å². The van der Waals surface area contributed by atoms with E-state index >= 15 is 0 Å². The lowest BCUT2D eigenvalue weighted by Crippen LogP contribution is -2.11. The lowest BCUT2D eigenvalue weighted by atomic mass is 10.2. The maximum absolute atomic E-state index is 11.9. The molecule has 6 heteroatoms. The van der Waals surface area contributed by atoms with Gasteiger partial charge in [0.1, 0.15) is 0 Å². The van der Waals surface area contributed by atoms with Crippen molar-refractivity contribution >= 4 is 28.7 Å². The summed E-state index contributed by atoms with van der Waals surface area (Å²) in [5.74, 6) is -0.351. The highest BCUT2D eigenvalue weighted by Gasteiger charge is 2.12. The topological polar surface area (TPSA) is 130 Å². The summed E-state index contributed by atoms with van der Waals surface area (Å²) in [6, 6.07) is 9.13. The smallest absolute Gasteiger partial charge is 0.343 e. The molecular weight excluding hydrogens is 244 g/mol. The fraction of sp³-hybridized carbons (Fsp3) is 0. The van der Waals surface area contributed by atoms with Gasteiger partial charge in [0.05, 0.1) is 11.3 Å². The van der Waals surface area contributed by atoms with Crippen molar-refractivity contribution in [3.8, 4) is 5.75 Å². The van der Waals surface area contributed by atoms with Crippen LogP contribution in [-0.2, 0) is 0 Å². The summed E-state index contributed by atoms with van der Waals surface area (Å²) in [7, 11) is 0. The Labute approximate surface area is 109 Å². The lowest BCUT2D eigenvalue weighted by molar-refractivity contribution is 0.0736. The van der Waals surface area contributed by atoms with E-state index in [0.717, 1.165) is 0 Å². The molecule has 2 aromatic carbocycles. The number of nitrogens with two attached hydrogens (primary N) is 4. The molecule has 2 rings (SSSR count). The van der Waals surface area contributed by atoms with E-state index in [-0.39, 0.29) is 17.0 Å². The molecule has 2 aromatic rings.